The fraction of sp³-hybridized carbons (Fsp3) is 0.667. The molecule has 1 fully saturated rings. The van der Waals surface area contributed by atoms with Gasteiger partial charge in [-0.05, 0) is 32.4 Å². The van der Waals surface area contributed by atoms with Crippen molar-refractivity contribution >= 4 is 5.97 Å². The summed E-state index contributed by atoms with van der Waals surface area (Å²) in [7, 11) is 0. The van der Waals surface area contributed by atoms with Crippen molar-refractivity contribution < 1.29 is 9.90 Å². The van der Waals surface area contributed by atoms with Gasteiger partial charge in [-0.15, -0.1) is 0 Å². The first-order valence-electron chi connectivity index (χ1n) is 6.11. The van der Waals surface area contributed by atoms with Crippen molar-refractivity contribution in [2.75, 3.05) is 13.1 Å². The average Bonchev–Trinajstić information content (AvgIpc) is 2.80. The summed E-state index contributed by atoms with van der Waals surface area (Å²) in [6.45, 7) is 4.79. The fourth-order valence-corrected chi connectivity index (χ4v) is 2.44. The Labute approximate surface area is 101 Å². The Bertz CT molecular complexity index is 364. The normalized spacial score (nSPS) is 25.9. The molecule has 5 nitrogen and oxygen atoms in total. The maximum Gasteiger partial charge on any atom is 0.306 e. The average molecular weight is 237 g/mol. The first-order valence-corrected chi connectivity index (χ1v) is 6.11. The molecule has 2 heterocycles. The van der Waals surface area contributed by atoms with Crippen molar-refractivity contribution in [3.8, 4) is 0 Å². The molecule has 1 aromatic rings. The van der Waals surface area contributed by atoms with Crippen LogP contribution < -0.4 is 0 Å². The lowest BCUT2D eigenvalue weighted by Crippen LogP contribution is -2.44. The van der Waals surface area contributed by atoms with Crippen molar-refractivity contribution in [1.29, 1.82) is 0 Å². The van der Waals surface area contributed by atoms with E-state index in [2.05, 4.69) is 16.9 Å². The molecule has 2 atom stereocenters. The highest BCUT2D eigenvalue weighted by molar-refractivity contribution is 5.70. The Hall–Kier alpha value is -1.36. The monoisotopic (exact) mass is 237 g/mol. The number of piperidine rings is 1. The lowest BCUT2D eigenvalue weighted by atomic mass is 9.92. The molecule has 5 heteroatoms. The third-order valence-electron chi connectivity index (χ3n) is 3.54. The summed E-state index contributed by atoms with van der Waals surface area (Å²) in [5.74, 6) is -0.811. The minimum Gasteiger partial charge on any atom is -0.481 e. The van der Waals surface area contributed by atoms with Crippen LogP contribution in [0.5, 0.6) is 0 Å². The molecule has 0 radical (unpaired) electrons. The second-order valence-electron chi connectivity index (χ2n) is 4.71. The van der Waals surface area contributed by atoms with Gasteiger partial charge in [0, 0.05) is 25.0 Å². The van der Waals surface area contributed by atoms with Gasteiger partial charge < -0.3 is 5.11 Å². The van der Waals surface area contributed by atoms with Crippen LogP contribution in [0.1, 0.15) is 19.8 Å². The maximum atomic E-state index is 10.9. The number of likely N-dealkylation sites (tertiary alicyclic amines) is 1. The lowest BCUT2D eigenvalue weighted by molar-refractivity contribution is -0.144. The van der Waals surface area contributed by atoms with E-state index < -0.39 is 5.97 Å². The molecule has 2 rings (SSSR count). The van der Waals surface area contributed by atoms with Gasteiger partial charge in [-0.25, -0.2) is 0 Å². The molecule has 0 bridgehead atoms. The van der Waals surface area contributed by atoms with E-state index in [0.717, 1.165) is 32.5 Å². The van der Waals surface area contributed by atoms with Crippen molar-refractivity contribution in [3.63, 3.8) is 0 Å². The van der Waals surface area contributed by atoms with E-state index >= 15 is 0 Å². The Morgan fingerprint density at radius 3 is 2.94 bits per heavy atom. The van der Waals surface area contributed by atoms with Gasteiger partial charge in [0.05, 0.1) is 12.5 Å². The number of hydrogen-bond donors (Lipinski definition) is 1. The highest BCUT2D eigenvalue weighted by Gasteiger charge is 2.29. The van der Waals surface area contributed by atoms with E-state index in [-0.39, 0.29) is 5.92 Å². The number of carboxylic acids is 1. The summed E-state index contributed by atoms with van der Waals surface area (Å²) < 4.78 is 1.91. The van der Waals surface area contributed by atoms with Gasteiger partial charge in [0.2, 0.25) is 0 Å². The minimum absolute atomic E-state index is 0.161. The van der Waals surface area contributed by atoms with Crippen LogP contribution in [-0.2, 0) is 11.3 Å². The van der Waals surface area contributed by atoms with Gasteiger partial charge in [0.25, 0.3) is 0 Å². The van der Waals surface area contributed by atoms with Crippen molar-refractivity contribution in [1.82, 2.24) is 14.7 Å². The van der Waals surface area contributed by atoms with E-state index in [1.54, 1.807) is 6.20 Å². The number of rotatable bonds is 4. The summed E-state index contributed by atoms with van der Waals surface area (Å²) >= 11 is 0. The van der Waals surface area contributed by atoms with E-state index in [4.69, 9.17) is 5.11 Å². The van der Waals surface area contributed by atoms with Gasteiger partial charge in [-0.1, -0.05) is 0 Å². The number of aliphatic carboxylic acids is 1. The third kappa shape index (κ3) is 3.06. The van der Waals surface area contributed by atoms with Crippen LogP contribution in [0, 0.1) is 5.92 Å². The molecule has 0 amide bonds. The third-order valence-corrected chi connectivity index (χ3v) is 3.54. The number of nitrogens with zero attached hydrogens (tertiary/aromatic N) is 3. The predicted molar refractivity (Wildman–Crippen MR) is 63.6 cm³/mol. The summed E-state index contributed by atoms with van der Waals surface area (Å²) in [5.41, 5.74) is 0. The van der Waals surface area contributed by atoms with Crippen LogP contribution in [0.3, 0.4) is 0 Å². The topological polar surface area (TPSA) is 58.4 Å². The molecular formula is C12H19N3O2. The first kappa shape index (κ1) is 12.1. The molecule has 94 valence electrons. The Morgan fingerprint density at radius 2 is 2.35 bits per heavy atom. The molecule has 1 N–H and O–H groups in total. The second-order valence-corrected chi connectivity index (χ2v) is 4.71. The quantitative estimate of drug-likeness (QED) is 0.851. The van der Waals surface area contributed by atoms with Gasteiger partial charge in [0.1, 0.15) is 0 Å². The molecule has 0 aromatic carbocycles. The minimum atomic E-state index is -0.649. The van der Waals surface area contributed by atoms with Crippen molar-refractivity contribution in [2.24, 2.45) is 5.92 Å². The van der Waals surface area contributed by atoms with Crippen molar-refractivity contribution in [2.45, 2.75) is 32.4 Å². The second kappa shape index (κ2) is 5.31. The zero-order chi connectivity index (χ0) is 12.3. The van der Waals surface area contributed by atoms with E-state index in [1.807, 2.05) is 16.9 Å². The zero-order valence-electron chi connectivity index (χ0n) is 10.1. The van der Waals surface area contributed by atoms with E-state index in [0.29, 0.717) is 6.04 Å². The summed E-state index contributed by atoms with van der Waals surface area (Å²) in [6, 6.07) is 2.26. The molecule has 17 heavy (non-hydrogen) atoms. The van der Waals surface area contributed by atoms with E-state index in [9.17, 15) is 4.79 Å². The molecule has 2 unspecified atom stereocenters. The van der Waals surface area contributed by atoms with Crippen LogP contribution in [0.4, 0.5) is 0 Å². The fourth-order valence-electron chi connectivity index (χ4n) is 2.44. The molecule has 1 aromatic heterocycles. The molecule has 1 aliphatic rings. The van der Waals surface area contributed by atoms with Crippen LogP contribution in [0.2, 0.25) is 0 Å². The summed E-state index contributed by atoms with van der Waals surface area (Å²) in [6.07, 6.45) is 5.25. The molecule has 0 aliphatic carbocycles. The van der Waals surface area contributed by atoms with Crippen molar-refractivity contribution in [3.05, 3.63) is 18.5 Å². The molecule has 0 spiro atoms. The highest BCUT2D eigenvalue weighted by Crippen LogP contribution is 2.22. The van der Waals surface area contributed by atoms with Gasteiger partial charge in [-0.2, -0.15) is 5.10 Å². The Balaban J connectivity index is 1.81. The number of hydrogen-bond acceptors (Lipinski definition) is 3. The van der Waals surface area contributed by atoms with Crippen LogP contribution >= 0.6 is 0 Å². The van der Waals surface area contributed by atoms with Crippen LogP contribution in [0.15, 0.2) is 18.5 Å². The largest absolute Gasteiger partial charge is 0.481 e. The first-order chi connectivity index (χ1) is 8.16. The van der Waals surface area contributed by atoms with Gasteiger partial charge in [0.15, 0.2) is 0 Å². The standard InChI is InChI=1S/C12H19N3O2/c1-10-9-11(12(16)17)3-6-14(10)7-8-15-5-2-4-13-15/h2,4-5,10-11H,3,6-9H2,1H3,(H,16,17). The molecule has 1 saturated heterocycles. The molecule has 0 saturated carbocycles. The summed E-state index contributed by atoms with van der Waals surface area (Å²) in [4.78, 5) is 13.3. The van der Waals surface area contributed by atoms with Crippen LogP contribution in [-0.4, -0.2) is 44.9 Å². The number of aromatic nitrogens is 2. The van der Waals surface area contributed by atoms with Crippen LogP contribution in [0.25, 0.3) is 0 Å². The Kier molecular flexibility index (Phi) is 3.78. The number of carboxylic acid groups (broad SMARTS) is 1. The highest BCUT2D eigenvalue weighted by atomic mass is 16.4. The maximum absolute atomic E-state index is 10.9. The molecular weight excluding hydrogens is 218 g/mol. The predicted octanol–water partition coefficient (Wildman–Crippen LogP) is 1.07. The zero-order valence-corrected chi connectivity index (χ0v) is 10.1. The smallest absolute Gasteiger partial charge is 0.306 e. The lowest BCUT2D eigenvalue weighted by Gasteiger charge is -2.36. The number of carbonyl (C=O) groups is 1. The molecule has 1 aliphatic heterocycles. The summed E-state index contributed by atoms with van der Waals surface area (Å²) in [5, 5.41) is 13.2. The van der Waals surface area contributed by atoms with Gasteiger partial charge in [-0.3, -0.25) is 14.4 Å². The van der Waals surface area contributed by atoms with E-state index in [1.165, 1.54) is 0 Å². The van der Waals surface area contributed by atoms with Gasteiger partial charge >= 0.3 is 5.97 Å². The Morgan fingerprint density at radius 1 is 1.53 bits per heavy atom. The SMILES string of the molecule is CC1CC(C(=O)O)CCN1CCn1cccn1.